The third-order valence-corrected chi connectivity index (χ3v) is 4.92. The molecule has 1 fully saturated rings. The summed E-state index contributed by atoms with van der Waals surface area (Å²) in [7, 11) is 0. The predicted octanol–water partition coefficient (Wildman–Crippen LogP) is 4.26. The third kappa shape index (κ3) is 3.17. The number of benzene rings is 1. The summed E-state index contributed by atoms with van der Waals surface area (Å²) in [5, 5.41) is 0. The number of hydrogen-bond acceptors (Lipinski definition) is 1. The second-order valence-electron chi connectivity index (χ2n) is 4.46. The van der Waals surface area contributed by atoms with Crippen LogP contribution in [0.4, 0.5) is 0 Å². The topological polar surface area (TPSA) is 3.24 Å². The minimum absolute atomic E-state index is 0.465. The number of hydrogen-bond donors (Lipinski definition) is 0. The summed E-state index contributed by atoms with van der Waals surface area (Å²) in [5.41, 5.74) is 1.31. The van der Waals surface area contributed by atoms with Crippen LogP contribution in [0.15, 0.2) is 28.7 Å². The third-order valence-electron chi connectivity index (χ3n) is 3.44. The number of halogens is 3. The Morgan fingerprint density at radius 2 is 1.71 bits per heavy atom. The molecular formula is C13H16BrCl2N. The molecule has 4 heteroatoms. The van der Waals surface area contributed by atoms with Gasteiger partial charge in [-0.05, 0) is 24.5 Å². The second kappa shape index (κ2) is 6.42. The van der Waals surface area contributed by atoms with E-state index in [-0.39, 0.29) is 0 Å². The van der Waals surface area contributed by atoms with E-state index in [0.29, 0.717) is 23.8 Å². The van der Waals surface area contributed by atoms with Crippen LogP contribution in [-0.4, -0.2) is 28.7 Å². The van der Waals surface area contributed by atoms with Crippen molar-refractivity contribution in [3.8, 4) is 0 Å². The van der Waals surface area contributed by atoms with Gasteiger partial charge in [-0.2, -0.15) is 0 Å². The lowest BCUT2D eigenvalue weighted by Gasteiger charge is -2.28. The van der Waals surface area contributed by atoms with E-state index in [4.69, 9.17) is 23.2 Å². The van der Waals surface area contributed by atoms with Crippen LogP contribution in [0, 0.1) is 0 Å². The fourth-order valence-corrected chi connectivity index (χ4v) is 3.50. The zero-order valence-corrected chi connectivity index (χ0v) is 12.7. The van der Waals surface area contributed by atoms with E-state index in [1.807, 2.05) is 6.07 Å². The largest absolute Gasteiger partial charge is 0.291 e. The molecule has 0 bridgehead atoms. The van der Waals surface area contributed by atoms with E-state index < -0.39 is 0 Å². The molecule has 0 radical (unpaired) electrons. The van der Waals surface area contributed by atoms with Crippen LogP contribution in [-0.2, 0) is 6.54 Å². The number of alkyl halides is 2. The Kier molecular flexibility index (Phi) is 5.16. The van der Waals surface area contributed by atoms with Gasteiger partial charge in [0.15, 0.2) is 0 Å². The van der Waals surface area contributed by atoms with Crippen molar-refractivity contribution in [2.45, 2.75) is 31.5 Å². The molecule has 1 aliphatic rings. The number of likely N-dealkylation sites (tertiary alicyclic amines) is 1. The summed E-state index contributed by atoms with van der Waals surface area (Å²) in [5.74, 6) is 1.38. The van der Waals surface area contributed by atoms with Gasteiger partial charge in [0, 0.05) is 34.9 Å². The van der Waals surface area contributed by atoms with Crippen LogP contribution in [0.2, 0.25) is 0 Å². The molecule has 17 heavy (non-hydrogen) atoms. The van der Waals surface area contributed by atoms with Gasteiger partial charge in [0.25, 0.3) is 0 Å². The molecule has 0 saturated carbocycles. The molecule has 2 unspecified atom stereocenters. The lowest BCUT2D eigenvalue weighted by atomic mass is 10.2. The van der Waals surface area contributed by atoms with Gasteiger partial charge in [-0.1, -0.05) is 34.1 Å². The van der Waals surface area contributed by atoms with Crippen molar-refractivity contribution < 1.29 is 0 Å². The molecule has 0 aliphatic carbocycles. The lowest BCUT2D eigenvalue weighted by molar-refractivity contribution is 0.208. The van der Waals surface area contributed by atoms with Crippen molar-refractivity contribution in [1.82, 2.24) is 4.90 Å². The molecule has 2 atom stereocenters. The molecule has 0 spiro atoms. The summed E-state index contributed by atoms with van der Waals surface area (Å²) in [4.78, 5) is 2.44. The van der Waals surface area contributed by atoms with E-state index in [1.54, 1.807) is 0 Å². The minimum Gasteiger partial charge on any atom is -0.291 e. The Labute approximate surface area is 121 Å². The Morgan fingerprint density at radius 3 is 2.24 bits per heavy atom. The van der Waals surface area contributed by atoms with Crippen LogP contribution in [0.25, 0.3) is 0 Å². The monoisotopic (exact) mass is 335 g/mol. The first kappa shape index (κ1) is 13.7. The van der Waals surface area contributed by atoms with Gasteiger partial charge in [0.05, 0.1) is 0 Å². The van der Waals surface area contributed by atoms with E-state index in [1.165, 1.54) is 5.56 Å². The van der Waals surface area contributed by atoms with Crippen molar-refractivity contribution in [3.05, 3.63) is 34.3 Å². The van der Waals surface area contributed by atoms with Crippen LogP contribution < -0.4 is 0 Å². The van der Waals surface area contributed by atoms with Gasteiger partial charge in [0.2, 0.25) is 0 Å². The highest BCUT2D eigenvalue weighted by atomic mass is 79.9. The maximum absolute atomic E-state index is 6.03. The molecule has 2 rings (SSSR count). The molecule has 1 saturated heterocycles. The van der Waals surface area contributed by atoms with E-state index in [0.717, 1.165) is 23.9 Å². The highest BCUT2D eigenvalue weighted by molar-refractivity contribution is 9.10. The van der Waals surface area contributed by atoms with E-state index >= 15 is 0 Å². The molecule has 1 aliphatic heterocycles. The van der Waals surface area contributed by atoms with Gasteiger partial charge < -0.3 is 0 Å². The van der Waals surface area contributed by atoms with E-state index in [9.17, 15) is 0 Å². The summed E-state index contributed by atoms with van der Waals surface area (Å²) in [6.45, 7) is 0.927. The molecular weight excluding hydrogens is 321 g/mol. The molecule has 0 amide bonds. The smallest absolute Gasteiger partial charge is 0.0379 e. The average molecular weight is 337 g/mol. The Balaban J connectivity index is 2.12. The Morgan fingerprint density at radius 1 is 1.12 bits per heavy atom. The number of nitrogens with zero attached hydrogens (tertiary/aromatic N) is 1. The SMILES string of the molecule is ClCC1CCC(CCl)N1Cc1ccccc1Br. The highest BCUT2D eigenvalue weighted by Crippen LogP contribution is 2.29. The van der Waals surface area contributed by atoms with Crippen LogP contribution in [0.1, 0.15) is 18.4 Å². The van der Waals surface area contributed by atoms with Gasteiger partial charge in [-0.15, -0.1) is 23.2 Å². The van der Waals surface area contributed by atoms with Crippen molar-refractivity contribution in [2.24, 2.45) is 0 Å². The van der Waals surface area contributed by atoms with Crippen LogP contribution in [0.5, 0.6) is 0 Å². The fourth-order valence-electron chi connectivity index (χ4n) is 2.43. The van der Waals surface area contributed by atoms with Gasteiger partial charge in [0.1, 0.15) is 0 Å². The molecule has 0 aromatic heterocycles. The van der Waals surface area contributed by atoms with Gasteiger partial charge in [-0.3, -0.25) is 4.90 Å². The Bertz CT molecular complexity index is 360. The normalized spacial score (nSPS) is 25.4. The van der Waals surface area contributed by atoms with Crippen molar-refractivity contribution in [3.63, 3.8) is 0 Å². The summed E-state index contributed by atoms with van der Waals surface area (Å²) < 4.78 is 1.16. The summed E-state index contributed by atoms with van der Waals surface area (Å²) in [6.07, 6.45) is 2.32. The molecule has 1 aromatic rings. The fraction of sp³-hybridized carbons (Fsp3) is 0.538. The first-order valence-electron chi connectivity index (χ1n) is 5.87. The van der Waals surface area contributed by atoms with Gasteiger partial charge in [-0.25, -0.2) is 0 Å². The zero-order chi connectivity index (χ0) is 12.3. The standard InChI is InChI=1S/C13H16BrCl2N/c14-13-4-2-1-3-10(13)9-17-11(7-15)5-6-12(17)8-16/h1-4,11-12H,5-9H2. The maximum Gasteiger partial charge on any atom is 0.0379 e. The Hall–Kier alpha value is 0.240. The molecule has 0 N–H and O–H groups in total. The van der Waals surface area contributed by atoms with Crippen molar-refractivity contribution in [1.29, 1.82) is 0 Å². The quantitative estimate of drug-likeness (QED) is 0.742. The zero-order valence-electron chi connectivity index (χ0n) is 9.58. The summed E-state index contributed by atoms with van der Waals surface area (Å²) >= 11 is 15.7. The predicted molar refractivity (Wildman–Crippen MR) is 77.9 cm³/mol. The average Bonchev–Trinajstić information content (AvgIpc) is 2.74. The first-order valence-corrected chi connectivity index (χ1v) is 7.73. The van der Waals surface area contributed by atoms with Gasteiger partial charge >= 0.3 is 0 Å². The van der Waals surface area contributed by atoms with Crippen LogP contribution >= 0.6 is 39.1 Å². The van der Waals surface area contributed by atoms with E-state index in [2.05, 4.69) is 39.0 Å². The lowest BCUT2D eigenvalue weighted by Crippen LogP contribution is -2.37. The van der Waals surface area contributed by atoms with Crippen molar-refractivity contribution >= 4 is 39.1 Å². The second-order valence-corrected chi connectivity index (χ2v) is 5.93. The number of rotatable bonds is 4. The van der Waals surface area contributed by atoms with Crippen molar-refractivity contribution in [2.75, 3.05) is 11.8 Å². The molecule has 1 aromatic carbocycles. The first-order chi connectivity index (χ1) is 8.26. The molecule has 1 heterocycles. The highest BCUT2D eigenvalue weighted by Gasteiger charge is 2.32. The molecule has 94 valence electrons. The van der Waals surface area contributed by atoms with Crippen LogP contribution in [0.3, 0.4) is 0 Å². The maximum atomic E-state index is 6.03. The summed E-state index contributed by atoms with van der Waals surface area (Å²) in [6, 6.07) is 9.27. The minimum atomic E-state index is 0.465. The molecule has 1 nitrogen and oxygen atoms in total.